The molecular formula is C21H22ClN3O4S. The van der Waals surface area contributed by atoms with Gasteiger partial charge < -0.3 is 19.1 Å². The van der Waals surface area contributed by atoms with Gasteiger partial charge in [0.25, 0.3) is 5.91 Å². The van der Waals surface area contributed by atoms with Gasteiger partial charge in [0, 0.05) is 13.1 Å². The van der Waals surface area contributed by atoms with Crippen molar-refractivity contribution in [3.05, 3.63) is 41.4 Å². The maximum Gasteiger partial charge on any atom is 0.273 e. The Morgan fingerprint density at radius 3 is 2.73 bits per heavy atom. The fourth-order valence-electron chi connectivity index (χ4n) is 3.14. The molecule has 1 atom stereocenters. The number of hydrogen-bond acceptors (Lipinski definition) is 7. The number of likely N-dealkylation sites (N-methyl/N-ethyl adjacent to an activating group) is 1. The maximum absolute atomic E-state index is 13.4. The van der Waals surface area contributed by atoms with Gasteiger partial charge in [0.15, 0.2) is 16.6 Å². The SMILES string of the molecule is COc1ccc(Cl)c2sc(N(CCN(C)C)C(=O)[C@@H]3COc4ccccc4O3)nc12. The number of methoxy groups -OCH3 is 1. The van der Waals surface area contributed by atoms with Crippen molar-refractivity contribution in [3.63, 3.8) is 0 Å². The van der Waals surface area contributed by atoms with Crippen molar-refractivity contribution in [1.29, 1.82) is 0 Å². The number of benzene rings is 2. The van der Waals surface area contributed by atoms with E-state index in [0.29, 0.717) is 46.0 Å². The Labute approximate surface area is 183 Å². The van der Waals surface area contributed by atoms with Gasteiger partial charge in [-0.25, -0.2) is 4.98 Å². The maximum atomic E-state index is 13.4. The van der Waals surface area contributed by atoms with Gasteiger partial charge in [0.2, 0.25) is 6.10 Å². The van der Waals surface area contributed by atoms with Gasteiger partial charge >= 0.3 is 0 Å². The molecule has 30 heavy (non-hydrogen) atoms. The summed E-state index contributed by atoms with van der Waals surface area (Å²) in [4.78, 5) is 21.8. The first-order chi connectivity index (χ1) is 14.5. The van der Waals surface area contributed by atoms with Gasteiger partial charge in [-0.15, -0.1) is 0 Å². The van der Waals surface area contributed by atoms with E-state index in [1.165, 1.54) is 11.3 Å². The smallest absolute Gasteiger partial charge is 0.273 e. The highest BCUT2D eigenvalue weighted by Crippen LogP contribution is 2.39. The van der Waals surface area contributed by atoms with Gasteiger partial charge in [-0.3, -0.25) is 9.69 Å². The minimum absolute atomic E-state index is 0.142. The van der Waals surface area contributed by atoms with Gasteiger partial charge in [0.1, 0.15) is 17.9 Å². The van der Waals surface area contributed by atoms with Crippen molar-refractivity contribution in [2.45, 2.75) is 6.10 Å². The molecule has 3 aromatic rings. The number of nitrogens with zero attached hydrogens (tertiary/aromatic N) is 3. The van der Waals surface area contributed by atoms with E-state index in [1.54, 1.807) is 30.2 Å². The van der Waals surface area contributed by atoms with Crippen molar-refractivity contribution >= 4 is 44.2 Å². The predicted molar refractivity (Wildman–Crippen MR) is 118 cm³/mol. The first-order valence-electron chi connectivity index (χ1n) is 9.45. The van der Waals surface area contributed by atoms with Crippen molar-refractivity contribution in [3.8, 4) is 17.2 Å². The molecule has 0 aliphatic carbocycles. The number of carbonyl (C=O) groups excluding carboxylic acids is 1. The van der Waals surface area contributed by atoms with Gasteiger partial charge in [-0.05, 0) is 38.4 Å². The van der Waals surface area contributed by atoms with Crippen LogP contribution in [0.15, 0.2) is 36.4 Å². The molecule has 4 rings (SSSR count). The third-order valence-electron chi connectivity index (χ3n) is 4.72. The number of halogens is 1. The van der Waals surface area contributed by atoms with Crippen molar-refractivity contribution in [2.24, 2.45) is 0 Å². The lowest BCUT2D eigenvalue weighted by molar-refractivity contribution is -0.127. The summed E-state index contributed by atoms with van der Waals surface area (Å²) in [5.41, 5.74) is 0.638. The highest BCUT2D eigenvalue weighted by Gasteiger charge is 2.33. The van der Waals surface area contributed by atoms with Gasteiger partial charge in [-0.2, -0.15) is 0 Å². The molecule has 0 spiro atoms. The van der Waals surface area contributed by atoms with Crippen LogP contribution in [0.4, 0.5) is 5.13 Å². The molecule has 1 aliphatic rings. The van der Waals surface area contributed by atoms with E-state index >= 15 is 0 Å². The van der Waals surface area contributed by atoms with Gasteiger partial charge in [0.05, 0.1) is 16.8 Å². The Morgan fingerprint density at radius 2 is 2.00 bits per heavy atom. The number of aromatic nitrogens is 1. The molecule has 0 N–H and O–H groups in total. The Bertz CT molecular complexity index is 1070. The van der Waals surface area contributed by atoms with Crippen molar-refractivity contribution in [1.82, 2.24) is 9.88 Å². The van der Waals surface area contributed by atoms with E-state index in [0.717, 1.165) is 4.70 Å². The van der Waals surface area contributed by atoms with Gasteiger partial charge in [-0.1, -0.05) is 35.1 Å². The van der Waals surface area contributed by atoms with Crippen LogP contribution in [0.25, 0.3) is 10.2 Å². The van der Waals surface area contributed by atoms with Crippen LogP contribution in [0.1, 0.15) is 0 Å². The second-order valence-electron chi connectivity index (χ2n) is 7.08. The first kappa shape index (κ1) is 20.7. The molecule has 0 unspecified atom stereocenters. The normalized spacial score (nSPS) is 15.4. The zero-order valence-electron chi connectivity index (χ0n) is 16.9. The zero-order valence-corrected chi connectivity index (χ0v) is 18.5. The van der Waals surface area contributed by atoms with Crippen LogP contribution in [0.5, 0.6) is 17.2 Å². The largest absolute Gasteiger partial charge is 0.494 e. The molecule has 0 saturated heterocycles. The van der Waals surface area contributed by atoms with E-state index in [9.17, 15) is 4.79 Å². The third-order valence-corrected chi connectivity index (χ3v) is 6.26. The highest BCUT2D eigenvalue weighted by atomic mass is 35.5. The first-order valence-corrected chi connectivity index (χ1v) is 10.6. The summed E-state index contributed by atoms with van der Waals surface area (Å²) in [7, 11) is 5.50. The lowest BCUT2D eigenvalue weighted by Gasteiger charge is -2.30. The monoisotopic (exact) mass is 447 g/mol. The summed E-state index contributed by atoms with van der Waals surface area (Å²) < 4.78 is 17.9. The standard InChI is InChI=1S/C21H22ClN3O4S/c1-24(2)10-11-25(20(26)17-12-28-14-6-4-5-7-15(14)29-17)21-23-18-16(27-3)9-8-13(22)19(18)30-21/h4-9,17H,10-12H2,1-3H3/t17-/m0/s1. The van der Waals surface area contributed by atoms with E-state index in [-0.39, 0.29) is 12.5 Å². The van der Waals surface area contributed by atoms with E-state index in [4.69, 9.17) is 25.8 Å². The molecule has 1 aliphatic heterocycles. The fourth-order valence-corrected chi connectivity index (χ4v) is 4.42. The molecule has 9 heteroatoms. The number of fused-ring (bicyclic) bond motifs is 2. The van der Waals surface area contributed by atoms with Crippen molar-refractivity contribution in [2.75, 3.05) is 45.8 Å². The molecule has 2 heterocycles. The predicted octanol–water partition coefficient (Wildman–Crippen LogP) is 3.69. The van der Waals surface area contributed by atoms with E-state index in [1.807, 2.05) is 37.2 Å². The topological polar surface area (TPSA) is 64.1 Å². The van der Waals surface area contributed by atoms with Crippen molar-refractivity contribution < 1.29 is 19.0 Å². The quantitative estimate of drug-likeness (QED) is 0.574. The summed E-state index contributed by atoms with van der Waals surface area (Å²) in [5, 5.41) is 1.12. The number of carbonyl (C=O) groups is 1. The minimum atomic E-state index is -0.758. The second-order valence-corrected chi connectivity index (χ2v) is 8.47. The number of hydrogen-bond donors (Lipinski definition) is 0. The molecule has 0 fully saturated rings. The summed E-state index contributed by atoms with van der Waals surface area (Å²) in [6.07, 6.45) is -0.758. The van der Waals surface area contributed by atoms with Crippen LogP contribution in [0, 0.1) is 0 Å². The molecule has 158 valence electrons. The highest BCUT2D eigenvalue weighted by molar-refractivity contribution is 7.23. The molecular weight excluding hydrogens is 426 g/mol. The van der Waals surface area contributed by atoms with E-state index in [2.05, 4.69) is 4.98 Å². The number of para-hydroxylation sites is 2. The third kappa shape index (κ3) is 4.03. The summed E-state index contributed by atoms with van der Waals surface area (Å²) >= 11 is 7.73. The number of amides is 1. The lowest BCUT2D eigenvalue weighted by Crippen LogP contribution is -2.48. The molecule has 1 amide bonds. The van der Waals surface area contributed by atoms with Crippen LogP contribution in [-0.2, 0) is 4.79 Å². The summed E-state index contributed by atoms with van der Waals surface area (Å²) in [5.74, 6) is 1.60. The van der Waals surface area contributed by atoms with Crippen LogP contribution >= 0.6 is 22.9 Å². The number of thiazole rings is 1. The van der Waals surface area contributed by atoms with Crippen LogP contribution in [-0.4, -0.2) is 62.8 Å². The molecule has 7 nitrogen and oxygen atoms in total. The molecule has 0 radical (unpaired) electrons. The average molecular weight is 448 g/mol. The summed E-state index contributed by atoms with van der Waals surface area (Å²) in [6, 6.07) is 10.9. The average Bonchev–Trinajstić information content (AvgIpc) is 3.19. The number of ether oxygens (including phenoxy) is 3. The minimum Gasteiger partial charge on any atom is -0.494 e. The fraction of sp³-hybridized carbons (Fsp3) is 0.333. The van der Waals surface area contributed by atoms with Crippen LogP contribution < -0.4 is 19.1 Å². The Hall–Kier alpha value is -2.55. The lowest BCUT2D eigenvalue weighted by atomic mass is 10.2. The molecule has 1 aromatic heterocycles. The molecule has 2 aromatic carbocycles. The zero-order chi connectivity index (χ0) is 21.3. The number of rotatable bonds is 6. The second kappa shape index (κ2) is 8.67. The number of anilines is 1. The molecule has 0 saturated carbocycles. The molecule has 0 bridgehead atoms. The van der Waals surface area contributed by atoms with Crippen LogP contribution in [0.3, 0.4) is 0 Å². The van der Waals surface area contributed by atoms with Crippen LogP contribution in [0.2, 0.25) is 5.02 Å². The Kier molecular flexibility index (Phi) is 5.99. The summed E-state index contributed by atoms with van der Waals surface area (Å²) in [6.45, 7) is 1.26. The Morgan fingerprint density at radius 1 is 1.23 bits per heavy atom. The van der Waals surface area contributed by atoms with E-state index < -0.39 is 6.10 Å². The Balaban J connectivity index is 1.67.